The van der Waals surface area contributed by atoms with Gasteiger partial charge in [-0.05, 0) is 62.5 Å². The first-order valence-electron chi connectivity index (χ1n) is 12.2. The molecule has 6 nitrogen and oxygen atoms in total. The van der Waals surface area contributed by atoms with Crippen molar-refractivity contribution in [3.8, 4) is 0 Å². The van der Waals surface area contributed by atoms with E-state index in [9.17, 15) is 14.4 Å². The monoisotopic (exact) mass is 441 g/mol. The van der Waals surface area contributed by atoms with Crippen molar-refractivity contribution in [1.29, 1.82) is 0 Å². The molecule has 1 unspecified atom stereocenters. The van der Waals surface area contributed by atoms with Gasteiger partial charge in [0.1, 0.15) is 6.04 Å². The fraction of sp³-hybridized carbons (Fsp3) is 0.654. The summed E-state index contributed by atoms with van der Waals surface area (Å²) in [7, 11) is 0. The van der Waals surface area contributed by atoms with Crippen LogP contribution in [0.25, 0.3) is 0 Å². The SMILES string of the molecule is Cc1ccccc1C(=O)NC(CC(C)C)C(=O)N1CCC(C(=O)N2CCC(C)CC2)CC1. The number of hydrogen-bond acceptors (Lipinski definition) is 3. The largest absolute Gasteiger partial charge is 0.342 e. The van der Waals surface area contributed by atoms with Crippen molar-refractivity contribution in [2.45, 2.75) is 65.8 Å². The standard InChI is InChI=1S/C26H39N3O3/c1-18(2)17-23(27-24(30)22-8-6-5-7-20(22)4)26(32)29-15-11-21(12-16-29)25(31)28-13-9-19(3)10-14-28/h5-8,18-19,21,23H,9-17H2,1-4H3,(H,27,30). The summed E-state index contributed by atoms with van der Waals surface area (Å²) >= 11 is 0. The lowest BCUT2D eigenvalue weighted by Crippen LogP contribution is -2.52. The summed E-state index contributed by atoms with van der Waals surface area (Å²) in [6.07, 6.45) is 4.18. The number of nitrogens with one attached hydrogen (secondary N) is 1. The maximum atomic E-state index is 13.3. The van der Waals surface area contributed by atoms with Gasteiger partial charge < -0.3 is 15.1 Å². The second-order valence-electron chi connectivity index (χ2n) is 10.1. The molecule has 176 valence electrons. The van der Waals surface area contributed by atoms with E-state index < -0.39 is 6.04 Å². The van der Waals surface area contributed by atoms with Crippen LogP contribution >= 0.6 is 0 Å². The number of likely N-dealkylation sites (tertiary alicyclic amines) is 2. The molecule has 1 atom stereocenters. The number of aryl methyl sites for hydroxylation is 1. The molecule has 1 N–H and O–H groups in total. The fourth-order valence-electron chi connectivity index (χ4n) is 4.81. The normalized spacial score (nSPS) is 19.2. The van der Waals surface area contributed by atoms with E-state index in [0.717, 1.165) is 31.5 Å². The van der Waals surface area contributed by atoms with Gasteiger partial charge in [0, 0.05) is 37.7 Å². The number of benzene rings is 1. The van der Waals surface area contributed by atoms with Crippen molar-refractivity contribution in [3.63, 3.8) is 0 Å². The lowest BCUT2D eigenvalue weighted by molar-refractivity contribution is -0.142. The van der Waals surface area contributed by atoms with Gasteiger partial charge in [-0.15, -0.1) is 0 Å². The van der Waals surface area contributed by atoms with Crippen LogP contribution in [0.4, 0.5) is 0 Å². The summed E-state index contributed by atoms with van der Waals surface area (Å²) < 4.78 is 0. The molecule has 2 aliphatic heterocycles. The van der Waals surface area contributed by atoms with Gasteiger partial charge in [-0.2, -0.15) is 0 Å². The molecule has 32 heavy (non-hydrogen) atoms. The second-order valence-corrected chi connectivity index (χ2v) is 10.1. The van der Waals surface area contributed by atoms with E-state index in [4.69, 9.17) is 0 Å². The number of hydrogen-bond donors (Lipinski definition) is 1. The predicted octanol–water partition coefficient (Wildman–Crippen LogP) is 3.64. The lowest BCUT2D eigenvalue weighted by Gasteiger charge is -2.38. The van der Waals surface area contributed by atoms with E-state index in [1.807, 2.05) is 34.9 Å². The minimum Gasteiger partial charge on any atom is -0.342 e. The van der Waals surface area contributed by atoms with Crippen LogP contribution in [0, 0.1) is 24.7 Å². The Balaban J connectivity index is 1.58. The third-order valence-corrected chi connectivity index (χ3v) is 6.95. The topological polar surface area (TPSA) is 69.7 Å². The minimum absolute atomic E-state index is 0.0116. The molecule has 0 saturated carbocycles. The van der Waals surface area contributed by atoms with Gasteiger partial charge in [0.2, 0.25) is 11.8 Å². The zero-order valence-electron chi connectivity index (χ0n) is 20.1. The average molecular weight is 442 g/mol. The number of rotatable bonds is 6. The van der Waals surface area contributed by atoms with Gasteiger partial charge in [-0.1, -0.05) is 39.0 Å². The Morgan fingerprint density at radius 2 is 1.56 bits per heavy atom. The molecule has 6 heteroatoms. The molecule has 1 aromatic rings. The van der Waals surface area contributed by atoms with Crippen LogP contribution in [-0.4, -0.2) is 59.7 Å². The van der Waals surface area contributed by atoms with Crippen LogP contribution in [0.15, 0.2) is 24.3 Å². The van der Waals surface area contributed by atoms with Crippen molar-refractivity contribution >= 4 is 17.7 Å². The molecule has 0 aromatic heterocycles. The number of carbonyl (C=O) groups excluding carboxylic acids is 3. The Bertz CT molecular complexity index is 806. The molecule has 3 amide bonds. The predicted molar refractivity (Wildman–Crippen MR) is 126 cm³/mol. The first-order chi connectivity index (χ1) is 15.3. The first kappa shape index (κ1) is 24.3. The second kappa shape index (κ2) is 11.0. The Kier molecular flexibility index (Phi) is 8.32. The third-order valence-electron chi connectivity index (χ3n) is 6.95. The van der Waals surface area contributed by atoms with Crippen LogP contribution in [0.3, 0.4) is 0 Å². The molecule has 0 aliphatic carbocycles. The van der Waals surface area contributed by atoms with Gasteiger partial charge in [0.05, 0.1) is 0 Å². The van der Waals surface area contributed by atoms with E-state index in [1.165, 1.54) is 0 Å². The average Bonchev–Trinajstić information content (AvgIpc) is 2.78. The number of carbonyl (C=O) groups is 3. The molecule has 2 aliphatic rings. The van der Waals surface area contributed by atoms with Crippen LogP contribution in [-0.2, 0) is 9.59 Å². The van der Waals surface area contributed by atoms with E-state index in [0.29, 0.717) is 43.8 Å². The fourth-order valence-corrected chi connectivity index (χ4v) is 4.81. The van der Waals surface area contributed by atoms with Crippen molar-refractivity contribution in [2.75, 3.05) is 26.2 Å². The van der Waals surface area contributed by atoms with Crippen LogP contribution in [0.2, 0.25) is 0 Å². The van der Waals surface area contributed by atoms with Gasteiger partial charge in [-0.25, -0.2) is 0 Å². The van der Waals surface area contributed by atoms with Crippen LogP contribution in [0.1, 0.15) is 68.8 Å². The Hall–Kier alpha value is -2.37. The summed E-state index contributed by atoms with van der Waals surface area (Å²) in [4.78, 5) is 42.9. The summed E-state index contributed by atoms with van der Waals surface area (Å²) in [5.74, 6) is 1.02. The third kappa shape index (κ3) is 6.11. The van der Waals surface area contributed by atoms with E-state index in [-0.39, 0.29) is 29.6 Å². The quantitative estimate of drug-likeness (QED) is 0.733. The molecular formula is C26H39N3O3. The molecule has 0 bridgehead atoms. The highest BCUT2D eigenvalue weighted by Gasteiger charge is 2.34. The van der Waals surface area contributed by atoms with Gasteiger partial charge in [0.15, 0.2) is 0 Å². The van der Waals surface area contributed by atoms with Crippen molar-refractivity contribution in [3.05, 3.63) is 35.4 Å². The van der Waals surface area contributed by atoms with Crippen molar-refractivity contribution < 1.29 is 14.4 Å². The first-order valence-corrected chi connectivity index (χ1v) is 12.2. The number of nitrogens with zero attached hydrogens (tertiary/aromatic N) is 2. The molecule has 1 aromatic carbocycles. The van der Waals surface area contributed by atoms with Crippen molar-refractivity contribution in [2.24, 2.45) is 17.8 Å². The maximum Gasteiger partial charge on any atom is 0.252 e. The molecule has 0 radical (unpaired) electrons. The Morgan fingerprint density at radius 1 is 0.969 bits per heavy atom. The highest BCUT2D eigenvalue weighted by atomic mass is 16.2. The molecule has 3 rings (SSSR count). The van der Waals surface area contributed by atoms with E-state index in [1.54, 1.807) is 6.07 Å². The minimum atomic E-state index is -0.544. The van der Waals surface area contributed by atoms with Gasteiger partial charge >= 0.3 is 0 Å². The van der Waals surface area contributed by atoms with Crippen molar-refractivity contribution in [1.82, 2.24) is 15.1 Å². The molecule has 2 fully saturated rings. The molecule has 2 heterocycles. The Morgan fingerprint density at radius 3 is 2.16 bits per heavy atom. The van der Waals surface area contributed by atoms with Crippen LogP contribution in [0.5, 0.6) is 0 Å². The summed E-state index contributed by atoms with van der Waals surface area (Å²) in [5, 5.41) is 2.99. The van der Waals surface area contributed by atoms with Gasteiger partial charge in [0.25, 0.3) is 5.91 Å². The summed E-state index contributed by atoms with van der Waals surface area (Å²) in [6, 6.07) is 6.89. The maximum absolute atomic E-state index is 13.3. The smallest absolute Gasteiger partial charge is 0.252 e. The summed E-state index contributed by atoms with van der Waals surface area (Å²) in [5.41, 5.74) is 1.50. The summed E-state index contributed by atoms with van der Waals surface area (Å²) in [6.45, 7) is 11.1. The highest BCUT2D eigenvalue weighted by Crippen LogP contribution is 2.24. The van der Waals surface area contributed by atoms with E-state index in [2.05, 4.69) is 26.1 Å². The van der Waals surface area contributed by atoms with Crippen LogP contribution < -0.4 is 5.32 Å². The molecular weight excluding hydrogens is 402 g/mol. The highest BCUT2D eigenvalue weighted by molar-refractivity contribution is 5.98. The molecule has 2 saturated heterocycles. The number of piperidine rings is 2. The Labute approximate surface area is 192 Å². The van der Waals surface area contributed by atoms with E-state index >= 15 is 0 Å². The molecule has 0 spiro atoms. The number of amides is 3. The van der Waals surface area contributed by atoms with Gasteiger partial charge in [-0.3, -0.25) is 14.4 Å². The lowest BCUT2D eigenvalue weighted by atomic mass is 9.92. The zero-order valence-corrected chi connectivity index (χ0v) is 20.1. The zero-order chi connectivity index (χ0) is 23.3.